The maximum absolute atomic E-state index is 12.5. The van der Waals surface area contributed by atoms with Gasteiger partial charge in [-0.2, -0.15) is 0 Å². The summed E-state index contributed by atoms with van der Waals surface area (Å²) in [6.07, 6.45) is 1.81. The predicted octanol–water partition coefficient (Wildman–Crippen LogP) is 1.62. The first-order chi connectivity index (χ1) is 13.5. The molecule has 0 unspecified atom stereocenters. The summed E-state index contributed by atoms with van der Waals surface area (Å²) in [6.45, 7) is 0.276. The third-order valence-corrected chi connectivity index (χ3v) is 4.43. The molecule has 2 aromatic carbocycles. The topological polar surface area (TPSA) is 96.3 Å². The number of carbonyl (C=O) groups excluding carboxylic acids is 3. The Morgan fingerprint density at radius 1 is 1.18 bits per heavy atom. The van der Waals surface area contributed by atoms with Gasteiger partial charge in [0.1, 0.15) is 6.54 Å². The number of nitrogens with one attached hydrogen (secondary N) is 2. The molecule has 0 atom stereocenters. The number of anilines is 1. The molecule has 3 rings (SSSR count). The van der Waals surface area contributed by atoms with Gasteiger partial charge in [-0.3, -0.25) is 19.3 Å². The van der Waals surface area contributed by atoms with Crippen LogP contribution in [-0.2, 0) is 22.7 Å². The standard InChI is InChI=1S/C20H21N5O3/c1-21-19-18(20(28)24(2)13-26)25(12-23-19)11-17(27)22-10-15-8-5-7-14-6-3-4-9-16(14)15/h3-9,12-13,21H,10-11H2,1-2H3,(H,22,27). The zero-order chi connectivity index (χ0) is 20.1. The first-order valence-corrected chi connectivity index (χ1v) is 8.73. The second-order valence-electron chi connectivity index (χ2n) is 6.26. The zero-order valence-corrected chi connectivity index (χ0v) is 15.7. The molecule has 8 heteroatoms. The quantitative estimate of drug-likeness (QED) is 0.608. The van der Waals surface area contributed by atoms with Crippen LogP contribution in [0.1, 0.15) is 16.1 Å². The Morgan fingerprint density at radius 2 is 1.93 bits per heavy atom. The molecule has 2 N–H and O–H groups in total. The van der Waals surface area contributed by atoms with E-state index >= 15 is 0 Å². The Labute approximate surface area is 162 Å². The molecule has 0 aliphatic heterocycles. The number of amides is 3. The van der Waals surface area contributed by atoms with Crippen molar-refractivity contribution in [1.29, 1.82) is 0 Å². The number of hydrogen-bond donors (Lipinski definition) is 2. The molecule has 8 nitrogen and oxygen atoms in total. The van der Waals surface area contributed by atoms with Crippen LogP contribution in [0.5, 0.6) is 0 Å². The molecule has 0 saturated carbocycles. The molecule has 0 bridgehead atoms. The number of hydrogen-bond acceptors (Lipinski definition) is 5. The highest BCUT2D eigenvalue weighted by molar-refractivity contribution is 6.02. The first kappa shape index (κ1) is 19.1. The predicted molar refractivity (Wildman–Crippen MR) is 106 cm³/mol. The van der Waals surface area contributed by atoms with Gasteiger partial charge in [-0.1, -0.05) is 42.5 Å². The summed E-state index contributed by atoms with van der Waals surface area (Å²) in [6, 6.07) is 13.9. The van der Waals surface area contributed by atoms with Crippen molar-refractivity contribution in [3.8, 4) is 0 Å². The van der Waals surface area contributed by atoms with Gasteiger partial charge in [0.25, 0.3) is 5.91 Å². The van der Waals surface area contributed by atoms with E-state index in [-0.39, 0.29) is 18.1 Å². The van der Waals surface area contributed by atoms with Crippen molar-refractivity contribution in [1.82, 2.24) is 19.8 Å². The summed E-state index contributed by atoms with van der Waals surface area (Å²) in [4.78, 5) is 40.8. The van der Waals surface area contributed by atoms with Gasteiger partial charge in [0.15, 0.2) is 11.5 Å². The van der Waals surface area contributed by atoms with Crippen molar-refractivity contribution < 1.29 is 14.4 Å². The Kier molecular flexibility index (Phi) is 5.69. The van der Waals surface area contributed by atoms with Crippen molar-refractivity contribution in [3.63, 3.8) is 0 Å². The van der Waals surface area contributed by atoms with Crippen molar-refractivity contribution >= 4 is 34.8 Å². The molecule has 3 aromatic rings. The fraction of sp³-hybridized carbons (Fsp3) is 0.200. The van der Waals surface area contributed by atoms with Crippen molar-refractivity contribution in [2.75, 3.05) is 19.4 Å². The number of aromatic nitrogens is 2. The summed E-state index contributed by atoms with van der Waals surface area (Å²) >= 11 is 0. The number of nitrogens with zero attached hydrogens (tertiary/aromatic N) is 3. The minimum Gasteiger partial charge on any atom is -0.371 e. The van der Waals surface area contributed by atoms with Crippen LogP contribution in [0.3, 0.4) is 0 Å². The number of carbonyl (C=O) groups is 3. The van der Waals surface area contributed by atoms with Crippen LogP contribution in [0.15, 0.2) is 48.8 Å². The van der Waals surface area contributed by atoms with Crippen LogP contribution in [0.4, 0.5) is 5.82 Å². The van der Waals surface area contributed by atoms with Crippen LogP contribution >= 0.6 is 0 Å². The number of imidazole rings is 1. The fourth-order valence-corrected chi connectivity index (χ4v) is 2.98. The van der Waals surface area contributed by atoms with Gasteiger partial charge >= 0.3 is 0 Å². The third kappa shape index (κ3) is 3.85. The van der Waals surface area contributed by atoms with E-state index in [1.807, 2.05) is 42.5 Å². The zero-order valence-electron chi connectivity index (χ0n) is 15.7. The SMILES string of the molecule is CNc1ncn(CC(=O)NCc2cccc3ccccc23)c1C(=O)N(C)C=O. The van der Waals surface area contributed by atoms with Crippen LogP contribution in [0.25, 0.3) is 10.8 Å². The minimum atomic E-state index is -0.543. The number of rotatable bonds is 7. The van der Waals surface area contributed by atoms with Gasteiger partial charge in [-0.15, -0.1) is 0 Å². The van der Waals surface area contributed by atoms with Gasteiger partial charge in [-0.25, -0.2) is 4.98 Å². The van der Waals surface area contributed by atoms with Gasteiger partial charge in [0.05, 0.1) is 6.33 Å². The Morgan fingerprint density at radius 3 is 2.68 bits per heavy atom. The molecule has 0 radical (unpaired) electrons. The lowest BCUT2D eigenvalue weighted by Gasteiger charge is -2.13. The maximum Gasteiger partial charge on any atom is 0.280 e. The molecular weight excluding hydrogens is 358 g/mol. The van der Waals surface area contributed by atoms with Crippen LogP contribution < -0.4 is 10.6 Å². The normalized spacial score (nSPS) is 10.5. The lowest BCUT2D eigenvalue weighted by Crippen LogP contribution is -2.31. The highest BCUT2D eigenvalue weighted by Crippen LogP contribution is 2.18. The van der Waals surface area contributed by atoms with E-state index in [1.54, 1.807) is 7.05 Å². The summed E-state index contributed by atoms with van der Waals surface area (Å²) in [5.41, 5.74) is 1.15. The first-order valence-electron chi connectivity index (χ1n) is 8.73. The fourth-order valence-electron chi connectivity index (χ4n) is 2.98. The number of fused-ring (bicyclic) bond motifs is 1. The maximum atomic E-state index is 12.5. The molecule has 0 aliphatic rings. The second kappa shape index (κ2) is 8.34. The van der Waals surface area contributed by atoms with E-state index in [0.717, 1.165) is 21.2 Å². The molecule has 28 heavy (non-hydrogen) atoms. The third-order valence-electron chi connectivity index (χ3n) is 4.43. The minimum absolute atomic E-state index is 0.0901. The van der Waals surface area contributed by atoms with Crippen molar-refractivity contribution in [3.05, 3.63) is 60.0 Å². The van der Waals surface area contributed by atoms with Gasteiger partial charge in [0, 0.05) is 20.6 Å². The molecule has 0 fully saturated rings. The van der Waals surface area contributed by atoms with Gasteiger partial charge in [-0.05, 0) is 16.3 Å². The summed E-state index contributed by atoms with van der Waals surface area (Å²) < 4.78 is 1.42. The molecular formula is C20H21N5O3. The molecule has 144 valence electrons. The lowest BCUT2D eigenvalue weighted by atomic mass is 10.0. The second-order valence-corrected chi connectivity index (χ2v) is 6.26. The highest BCUT2D eigenvalue weighted by Gasteiger charge is 2.22. The molecule has 3 amide bonds. The largest absolute Gasteiger partial charge is 0.371 e. The molecule has 0 aliphatic carbocycles. The van der Waals surface area contributed by atoms with E-state index < -0.39 is 5.91 Å². The van der Waals surface area contributed by atoms with Gasteiger partial charge in [0.2, 0.25) is 12.3 Å². The Balaban J connectivity index is 1.74. The molecule has 0 saturated heterocycles. The smallest absolute Gasteiger partial charge is 0.280 e. The van der Waals surface area contributed by atoms with Crippen molar-refractivity contribution in [2.45, 2.75) is 13.1 Å². The monoisotopic (exact) mass is 379 g/mol. The van der Waals surface area contributed by atoms with E-state index in [2.05, 4.69) is 15.6 Å². The molecule has 1 heterocycles. The van der Waals surface area contributed by atoms with Crippen molar-refractivity contribution in [2.24, 2.45) is 0 Å². The van der Waals surface area contributed by atoms with Crippen LogP contribution in [0, 0.1) is 0 Å². The van der Waals surface area contributed by atoms with E-state index in [0.29, 0.717) is 18.8 Å². The summed E-state index contributed by atoms with van der Waals surface area (Å²) in [5.74, 6) is -0.505. The molecule has 0 spiro atoms. The Bertz CT molecular complexity index is 1020. The summed E-state index contributed by atoms with van der Waals surface area (Å²) in [5, 5.41) is 7.86. The summed E-state index contributed by atoms with van der Waals surface area (Å²) in [7, 11) is 2.97. The average molecular weight is 379 g/mol. The number of imide groups is 1. The Hall–Kier alpha value is -3.68. The van der Waals surface area contributed by atoms with E-state index in [9.17, 15) is 14.4 Å². The average Bonchev–Trinajstić information content (AvgIpc) is 3.13. The highest BCUT2D eigenvalue weighted by atomic mass is 16.2. The van der Waals surface area contributed by atoms with E-state index in [1.165, 1.54) is 17.9 Å². The van der Waals surface area contributed by atoms with Crippen LogP contribution in [0.2, 0.25) is 0 Å². The number of benzene rings is 2. The lowest BCUT2D eigenvalue weighted by molar-refractivity contribution is -0.121. The molecule has 1 aromatic heterocycles. The van der Waals surface area contributed by atoms with Crippen LogP contribution in [-0.4, -0.2) is 46.8 Å². The van der Waals surface area contributed by atoms with Gasteiger partial charge < -0.3 is 15.2 Å². The van der Waals surface area contributed by atoms with E-state index in [4.69, 9.17) is 0 Å².